The van der Waals surface area contributed by atoms with Crippen molar-refractivity contribution in [2.45, 2.75) is 40.2 Å². The molecule has 0 saturated carbocycles. The third kappa shape index (κ3) is 6.17. The van der Waals surface area contributed by atoms with Gasteiger partial charge >= 0.3 is 5.97 Å². The van der Waals surface area contributed by atoms with E-state index in [1.165, 1.54) is 13.8 Å². The van der Waals surface area contributed by atoms with Crippen LogP contribution in [0.4, 0.5) is 5.69 Å². The number of anilines is 1. The van der Waals surface area contributed by atoms with E-state index >= 15 is 0 Å². The first-order valence-electron chi connectivity index (χ1n) is 11.6. The van der Waals surface area contributed by atoms with E-state index in [1.807, 2.05) is 13.8 Å². The Morgan fingerprint density at radius 1 is 0.971 bits per heavy atom. The Morgan fingerprint density at radius 3 is 2.34 bits per heavy atom. The van der Waals surface area contributed by atoms with Crippen molar-refractivity contribution in [3.05, 3.63) is 53.1 Å². The standard InChI is InChI=1S/C26H30N2O7/c1-5-33-22-10-8-20(14-23(22)34-6-2)26(32)27-15-24(30)35-16(3)25(31)19-7-9-21-18(13-19)11-12-28(21)17(4)29/h7-10,13-14,16H,5-6,11-12,15H2,1-4H3,(H,27,32). The number of ketones is 1. The van der Waals surface area contributed by atoms with Crippen LogP contribution in [0.25, 0.3) is 0 Å². The lowest BCUT2D eigenvalue weighted by molar-refractivity contribution is -0.145. The molecule has 1 atom stereocenters. The normalized spacial score (nSPS) is 13.0. The first kappa shape index (κ1) is 25.7. The Bertz CT molecular complexity index is 1130. The van der Waals surface area contributed by atoms with Crippen LogP contribution in [0.5, 0.6) is 11.5 Å². The maximum Gasteiger partial charge on any atom is 0.326 e. The second-order valence-electron chi connectivity index (χ2n) is 7.97. The highest BCUT2D eigenvalue weighted by atomic mass is 16.5. The van der Waals surface area contributed by atoms with Crippen molar-refractivity contribution in [3.63, 3.8) is 0 Å². The van der Waals surface area contributed by atoms with Crippen LogP contribution in [0.2, 0.25) is 0 Å². The number of carbonyl (C=O) groups excluding carboxylic acids is 4. The van der Waals surface area contributed by atoms with E-state index in [1.54, 1.807) is 41.3 Å². The molecular weight excluding hydrogens is 452 g/mol. The highest BCUT2D eigenvalue weighted by molar-refractivity contribution is 6.02. The van der Waals surface area contributed by atoms with Gasteiger partial charge in [-0.3, -0.25) is 19.2 Å². The summed E-state index contributed by atoms with van der Waals surface area (Å²) in [6, 6.07) is 9.84. The highest BCUT2D eigenvalue weighted by Gasteiger charge is 2.25. The predicted octanol–water partition coefficient (Wildman–Crippen LogP) is 2.94. The summed E-state index contributed by atoms with van der Waals surface area (Å²) in [5.74, 6) is -0.673. The molecule has 3 rings (SSSR count). The second-order valence-corrected chi connectivity index (χ2v) is 7.97. The van der Waals surface area contributed by atoms with Crippen LogP contribution in [0, 0.1) is 0 Å². The number of nitrogens with zero attached hydrogens (tertiary/aromatic N) is 1. The van der Waals surface area contributed by atoms with E-state index in [0.29, 0.717) is 48.8 Å². The van der Waals surface area contributed by atoms with Gasteiger partial charge in [-0.25, -0.2) is 0 Å². The summed E-state index contributed by atoms with van der Waals surface area (Å²) in [5, 5.41) is 2.49. The molecule has 1 unspecified atom stereocenters. The number of esters is 1. The van der Waals surface area contributed by atoms with Gasteiger partial charge in [-0.2, -0.15) is 0 Å². The van der Waals surface area contributed by atoms with Crippen LogP contribution in [0.15, 0.2) is 36.4 Å². The number of hydrogen-bond acceptors (Lipinski definition) is 7. The van der Waals surface area contributed by atoms with E-state index in [4.69, 9.17) is 14.2 Å². The fraction of sp³-hybridized carbons (Fsp3) is 0.385. The van der Waals surface area contributed by atoms with Gasteiger partial charge in [0, 0.05) is 30.3 Å². The van der Waals surface area contributed by atoms with Crippen molar-refractivity contribution in [2.24, 2.45) is 0 Å². The lowest BCUT2D eigenvalue weighted by Crippen LogP contribution is -2.34. The molecule has 0 aliphatic carbocycles. The maximum absolute atomic E-state index is 12.8. The molecule has 0 fully saturated rings. The Morgan fingerprint density at radius 2 is 1.66 bits per heavy atom. The first-order chi connectivity index (χ1) is 16.7. The lowest BCUT2D eigenvalue weighted by atomic mass is 10.0. The number of benzene rings is 2. The number of ether oxygens (including phenoxy) is 3. The summed E-state index contributed by atoms with van der Waals surface area (Å²) in [6.07, 6.45) is -0.370. The zero-order valence-electron chi connectivity index (χ0n) is 20.4. The summed E-state index contributed by atoms with van der Waals surface area (Å²) >= 11 is 0. The van der Waals surface area contributed by atoms with Gasteiger partial charge in [0.05, 0.1) is 13.2 Å². The number of rotatable bonds is 10. The molecule has 0 saturated heterocycles. The molecule has 2 aromatic rings. The fourth-order valence-electron chi connectivity index (χ4n) is 3.86. The smallest absolute Gasteiger partial charge is 0.326 e. The molecule has 0 aromatic heterocycles. The third-order valence-corrected chi connectivity index (χ3v) is 5.52. The van der Waals surface area contributed by atoms with Crippen LogP contribution < -0.4 is 19.7 Å². The number of hydrogen-bond donors (Lipinski definition) is 1. The van der Waals surface area contributed by atoms with Gasteiger partial charge in [0.1, 0.15) is 6.54 Å². The van der Waals surface area contributed by atoms with Crippen LogP contribution in [0.1, 0.15) is 54.0 Å². The van der Waals surface area contributed by atoms with Crippen molar-refractivity contribution in [1.29, 1.82) is 0 Å². The summed E-state index contributed by atoms with van der Waals surface area (Å²) in [4.78, 5) is 50.9. The van der Waals surface area contributed by atoms with Crippen molar-refractivity contribution in [2.75, 3.05) is 31.2 Å². The maximum atomic E-state index is 12.8. The Balaban J connectivity index is 1.56. The van der Waals surface area contributed by atoms with Gasteiger partial charge in [0.2, 0.25) is 11.7 Å². The molecule has 0 spiro atoms. The van der Waals surface area contributed by atoms with Gasteiger partial charge in [-0.15, -0.1) is 0 Å². The molecule has 1 heterocycles. The minimum absolute atomic E-state index is 0.0495. The minimum atomic E-state index is -1.03. The molecule has 9 heteroatoms. The Hall–Kier alpha value is -3.88. The summed E-state index contributed by atoms with van der Waals surface area (Å²) in [7, 11) is 0. The quantitative estimate of drug-likeness (QED) is 0.409. The van der Waals surface area contributed by atoms with Crippen molar-refractivity contribution < 1.29 is 33.4 Å². The summed E-state index contributed by atoms with van der Waals surface area (Å²) in [6.45, 7) is 7.70. The van der Waals surface area contributed by atoms with E-state index in [-0.39, 0.29) is 11.7 Å². The largest absolute Gasteiger partial charge is 0.490 e. The molecule has 0 bridgehead atoms. The van der Waals surface area contributed by atoms with Gasteiger partial charge in [0.25, 0.3) is 5.91 Å². The van der Waals surface area contributed by atoms with Crippen molar-refractivity contribution in [1.82, 2.24) is 5.32 Å². The van der Waals surface area contributed by atoms with E-state index in [2.05, 4.69) is 5.32 Å². The second kappa shape index (κ2) is 11.5. The topological polar surface area (TPSA) is 111 Å². The van der Waals surface area contributed by atoms with E-state index < -0.39 is 24.5 Å². The Kier molecular flexibility index (Phi) is 8.46. The third-order valence-electron chi connectivity index (χ3n) is 5.52. The molecule has 186 valence electrons. The molecule has 9 nitrogen and oxygen atoms in total. The number of nitrogens with one attached hydrogen (secondary N) is 1. The minimum Gasteiger partial charge on any atom is -0.490 e. The molecule has 2 amide bonds. The predicted molar refractivity (Wildman–Crippen MR) is 129 cm³/mol. The molecular formula is C26H30N2O7. The molecule has 1 N–H and O–H groups in total. The van der Waals surface area contributed by atoms with Crippen molar-refractivity contribution >= 4 is 29.3 Å². The number of amides is 2. The van der Waals surface area contributed by atoms with Gasteiger partial charge in [-0.1, -0.05) is 0 Å². The number of carbonyl (C=O) groups is 4. The molecule has 1 aliphatic heterocycles. The molecule has 1 aliphatic rings. The number of Topliss-reactive ketones (excluding diaryl/α,β-unsaturated/α-hetero) is 1. The summed E-state index contributed by atoms with van der Waals surface area (Å²) < 4.78 is 16.2. The lowest BCUT2D eigenvalue weighted by Gasteiger charge is -2.16. The average molecular weight is 483 g/mol. The van der Waals surface area contributed by atoms with E-state index in [9.17, 15) is 19.2 Å². The monoisotopic (exact) mass is 482 g/mol. The van der Waals surface area contributed by atoms with Crippen LogP contribution >= 0.6 is 0 Å². The molecule has 35 heavy (non-hydrogen) atoms. The van der Waals surface area contributed by atoms with Crippen LogP contribution in [0.3, 0.4) is 0 Å². The van der Waals surface area contributed by atoms with Crippen molar-refractivity contribution in [3.8, 4) is 11.5 Å². The molecule has 2 aromatic carbocycles. The number of fused-ring (bicyclic) bond motifs is 1. The Labute approximate surface area is 204 Å². The molecule has 0 radical (unpaired) electrons. The van der Waals surface area contributed by atoms with Crippen LogP contribution in [-0.2, 0) is 20.7 Å². The fourth-order valence-corrected chi connectivity index (χ4v) is 3.86. The summed E-state index contributed by atoms with van der Waals surface area (Å²) in [5.41, 5.74) is 2.39. The first-order valence-corrected chi connectivity index (χ1v) is 11.6. The zero-order valence-corrected chi connectivity index (χ0v) is 20.4. The average Bonchev–Trinajstić information content (AvgIpc) is 3.27. The van der Waals surface area contributed by atoms with Crippen LogP contribution in [-0.4, -0.2) is 56.0 Å². The van der Waals surface area contributed by atoms with Gasteiger partial charge in [-0.05, 0) is 69.2 Å². The van der Waals surface area contributed by atoms with Gasteiger partial charge in [0.15, 0.2) is 17.6 Å². The van der Waals surface area contributed by atoms with Gasteiger partial charge < -0.3 is 24.4 Å². The SMILES string of the molecule is CCOc1ccc(C(=O)NCC(=O)OC(C)C(=O)c2ccc3c(c2)CCN3C(C)=O)cc1OCC. The zero-order chi connectivity index (χ0) is 25.5. The van der Waals surface area contributed by atoms with E-state index in [0.717, 1.165) is 11.3 Å². The highest BCUT2D eigenvalue weighted by Crippen LogP contribution is 2.30.